The van der Waals surface area contributed by atoms with Crippen LogP contribution in [0.3, 0.4) is 0 Å². The molecule has 2 N–H and O–H groups in total. The fourth-order valence-corrected chi connectivity index (χ4v) is 3.65. The minimum Gasteiger partial charge on any atom is -0.484 e. The van der Waals surface area contributed by atoms with E-state index in [-0.39, 0.29) is 54.1 Å². The zero-order chi connectivity index (χ0) is 24.1. The molecule has 1 heterocycles. The van der Waals surface area contributed by atoms with E-state index in [1.54, 1.807) is 0 Å². The summed E-state index contributed by atoms with van der Waals surface area (Å²) in [5.41, 5.74) is 0.104. The van der Waals surface area contributed by atoms with Gasteiger partial charge in [0.25, 0.3) is 11.8 Å². The summed E-state index contributed by atoms with van der Waals surface area (Å²) in [6, 6.07) is 3.32. The molecule has 11 nitrogen and oxygen atoms in total. The number of hydrogen-bond donors (Lipinski definition) is 2. The monoisotopic (exact) mass is 459 g/mol. The van der Waals surface area contributed by atoms with E-state index in [1.807, 2.05) is 0 Å². The van der Waals surface area contributed by atoms with Crippen LogP contribution in [0.15, 0.2) is 18.2 Å². The van der Waals surface area contributed by atoms with Gasteiger partial charge in [0.2, 0.25) is 11.8 Å². The Morgan fingerprint density at radius 3 is 2.70 bits per heavy atom. The van der Waals surface area contributed by atoms with Crippen LogP contribution in [0, 0.1) is 11.8 Å². The summed E-state index contributed by atoms with van der Waals surface area (Å²) in [6.07, 6.45) is 1.45. The lowest BCUT2D eigenvalue weighted by molar-refractivity contribution is -0.142. The Balaban J connectivity index is 1.58. The number of carbonyl (C=O) groups is 6. The van der Waals surface area contributed by atoms with E-state index < -0.39 is 29.7 Å². The van der Waals surface area contributed by atoms with Gasteiger partial charge in [0.1, 0.15) is 11.8 Å². The Morgan fingerprint density at radius 1 is 1.27 bits per heavy atom. The second kappa shape index (κ2) is 10.2. The molecule has 0 aromatic heterocycles. The molecule has 4 amide bonds. The number of ether oxygens (including phenoxy) is 2. The zero-order valence-electron chi connectivity index (χ0n) is 18.3. The molecular weight excluding hydrogens is 434 g/mol. The highest BCUT2D eigenvalue weighted by molar-refractivity contribution is 6.06. The number of aldehydes is 1. The molecule has 1 saturated carbocycles. The Kier molecular flexibility index (Phi) is 7.41. The predicted molar refractivity (Wildman–Crippen MR) is 112 cm³/mol. The molecule has 1 aromatic carbocycles. The maximum Gasteiger partial charge on any atom is 0.309 e. The summed E-state index contributed by atoms with van der Waals surface area (Å²) in [5.74, 6) is -2.23. The van der Waals surface area contributed by atoms with Crippen LogP contribution in [0.5, 0.6) is 5.75 Å². The average molecular weight is 459 g/mol. The van der Waals surface area contributed by atoms with Crippen molar-refractivity contribution in [3.05, 3.63) is 29.3 Å². The highest BCUT2D eigenvalue weighted by atomic mass is 16.5. The molecule has 1 aliphatic carbocycles. The highest BCUT2D eigenvalue weighted by Gasteiger charge is 2.43. The number of esters is 1. The average Bonchev–Trinajstić information content (AvgIpc) is 3.59. The number of likely N-dealkylation sites (N-methyl/N-ethyl adjacent to an activating group) is 1. The van der Waals surface area contributed by atoms with Crippen molar-refractivity contribution in [1.82, 2.24) is 15.5 Å². The van der Waals surface area contributed by atoms with E-state index in [0.717, 1.165) is 0 Å². The maximum absolute atomic E-state index is 13.0. The molecular formula is C22H25N3O8. The first-order chi connectivity index (χ1) is 15.7. The standard InChI is InChI=1S/C22H25N3O8/c1-25(17-5-6-18(27)24-20(17)29)21(30)15-8-14(4-3-12(15)10-26)33-11-19(28)23-9-13-7-16(13)22(31)32-2/h3-4,8,10,13,16-17H,5-7,9,11H2,1-2H3,(H,23,28)(H,24,27,29). The Hall–Kier alpha value is -3.76. The zero-order valence-corrected chi connectivity index (χ0v) is 18.3. The van der Waals surface area contributed by atoms with Crippen molar-refractivity contribution in [1.29, 1.82) is 0 Å². The molecule has 11 heteroatoms. The third-order valence-electron chi connectivity index (χ3n) is 5.74. The van der Waals surface area contributed by atoms with Crippen LogP contribution in [-0.2, 0) is 23.9 Å². The number of methoxy groups -OCH3 is 1. The minimum atomic E-state index is -0.846. The largest absolute Gasteiger partial charge is 0.484 e. The highest BCUT2D eigenvalue weighted by Crippen LogP contribution is 2.38. The van der Waals surface area contributed by atoms with Gasteiger partial charge in [-0.2, -0.15) is 0 Å². The van der Waals surface area contributed by atoms with Gasteiger partial charge in [-0.3, -0.25) is 34.1 Å². The molecule has 1 aliphatic heterocycles. The molecule has 2 fully saturated rings. The van der Waals surface area contributed by atoms with Crippen LogP contribution >= 0.6 is 0 Å². The van der Waals surface area contributed by atoms with Crippen molar-refractivity contribution < 1.29 is 38.2 Å². The van der Waals surface area contributed by atoms with E-state index in [9.17, 15) is 28.8 Å². The van der Waals surface area contributed by atoms with Crippen LogP contribution in [0.25, 0.3) is 0 Å². The molecule has 2 aliphatic rings. The quantitative estimate of drug-likeness (QED) is 0.290. The number of amides is 4. The molecule has 0 radical (unpaired) electrons. The van der Waals surface area contributed by atoms with Gasteiger partial charge < -0.3 is 19.7 Å². The van der Waals surface area contributed by atoms with E-state index in [1.165, 1.54) is 37.3 Å². The Morgan fingerprint density at radius 2 is 2.03 bits per heavy atom. The Bertz CT molecular complexity index is 992. The van der Waals surface area contributed by atoms with Crippen molar-refractivity contribution in [2.75, 3.05) is 27.3 Å². The molecule has 0 spiro atoms. The van der Waals surface area contributed by atoms with Crippen molar-refractivity contribution in [3.8, 4) is 5.75 Å². The summed E-state index contributed by atoms with van der Waals surface area (Å²) in [6.45, 7) is -0.000809. The summed E-state index contributed by atoms with van der Waals surface area (Å²) >= 11 is 0. The fourth-order valence-electron chi connectivity index (χ4n) is 3.65. The van der Waals surface area contributed by atoms with E-state index in [0.29, 0.717) is 19.3 Å². The van der Waals surface area contributed by atoms with Gasteiger partial charge in [0.15, 0.2) is 12.9 Å². The van der Waals surface area contributed by atoms with Gasteiger partial charge in [-0.15, -0.1) is 0 Å². The second-order valence-corrected chi connectivity index (χ2v) is 7.97. The number of benzene rings is 1. The van der Waals surface area contributed by atoms with Gasteiger partial charge >= 0.3 is 5.97 Å². The number of rotatable bonds is 9. The lowest BCUT2D eigenvalue weighted by atomic mass is 10.0. The number of nitrogens with zero attached hydrogens (tertiary/aromatic N) is 1. The summed E-state index contributed by atoms with van der Waals surface area (Å²) in [7, 11) is 2.74. The van der Waals surface area contributed by atoms with Gasteiger partial charge in [0, 0.05) is 25.6 Å². The summed E-state index contributed by atoms with van der Waals surface area (Å²) in [5, 5.41) is 4.87. The number of piperidine rings is 1. The van der Waals surface area contributed by atoms with Crippen LogP contribution in [0.4, 0.5) is 0 Å². The molecule has 3 atom stereocenters. The molecule has 1 saturated heterocycles. The van der Waals surface area contributed by atoms with Gasteiger partial charge in [-0.05, 0) is 37.0 Å². The molecule has 1 aromatic rings. The molecule has 3 unspecified atom stereocenters. The molecule has 0 bridgehead atoms. The fraction of sp³-hybridized carbons (Fsp3) is 0.455. The van der Waals surface area contributed by atoms with Crippen molar-refractivity contribution in [2.45, 2.75) is 25.3 Å². The van der Waals surface area contributed by atoms with Crippen LogP contribution in [0.1, 0.15) is 40.0 Å². The number of hydrogen-bond acceptors (Lipinski definition) is 8. The number of nitrogens with one attached hydrogen (secondary N) is 2. The summed E-state index contributed by atoms with van der Waals surface area (Å²) in [4.78, 5) is 72.5. The smallest absolute Gasteiger partial charge is 0.309 e. The van der Waals surface area contributed by atoms with Crippen LogP contribution in [-0.4, -0.2) is 74.1 Å². The second-order valence-electron chi connectivity index (χ2n) is 7.97. The molecule has 176 valence electrons. The third kappa shape index (κ3) is 5.73. The lowest BCUT2D eigenvalue weighted by Crippen LogP contribution is -2.53. The van der Waals surface area contributed by atoms with Gasteiger partial charge in [-0.1, -0.05) is 0 Å². The van der Waals surface area contributed by atoms with Crippen molar-refractivity contribution in [2.24, 2.45) is 11.8 Å². The Labute approximate surface area is 189 Å². The van der Waals surface area contributed by atoms with Crippen molar-refractivity contribution in [3.63, 3.8) is 0 Å². The molecule has 33 heavy (non-hydrogen) atoms. The SMILES string of the molecule is COC(=O)C1CC1CNC(=O)COc1ccc(C=O)c(C(=O)N(C)C2CCC(=O)NC2=O)c1. The van der Waals surface area contributed by atoms with Crippen molar-refractivity contribution >= 4 is 35.9 Å². The minimum absolute atomic E-state index is 0.00834. The first-order valence-corrected chi connectivity index (χ1v) is 10.4. The van der Waals surface area contributed by atoms with Crippen LogP contribution < -0.4 is 15.4 Å². The van der Waals surface area contributed by atoms with Crippen LogP contribution in [0.2, 0.25) is 0 Å². The first-order valence-electron chi connectivity index (χ1n) is 10.4. The van der Waals surface area contributed by atoms with Gasteiger partial charge in [0.05, 0.1) is 18.6 Å². The number of carbonyl (C=O) groups excluding carboxylic acids is 6. The van der Waals surface area contributed by atoms with E-state index >= 15 is 0 Å². The number of imide groups is 1. The third-order valence-corrected chi connectivity index (χ3v) is 5.74. The normalized spacial score (nSPS) is 21.5. The van der Waals surface area contributed by atoms with E-state index in [2.05, 4.69) is 15.4 Å². The lowest BCUT2D eigenvalue weighted by Gasteiger charge is -2.30. The first kappa shape index (κ1) is 23.9. The summed E-state index contributed by atoms with van der Waals surface area (Å²) < 4.78 is 10.1. The molecule has 3 rings (SSSR count). The topological polar surface area (TPSA) is 148 Å². The maximum atomic E-state index is 13.0. The predicted octanol–water partition coefficient (Wildman–Crippen LogP) is -0.320. The van der Waals surface area contributed by atoms with Gasteiger partial charge in [-0.25, -0.2) is 0 Å². The van der Waals surface area contributed by atoms with E-state index in [4.69, 9.17) is 4.74 Å².